The molecule has 2 heterocycles. The molecule has 0 radical (unpaired) electrons. The third-order valence-electron chi connectivity index (χ3n) is 3.80. The van der Waals surface area contributed by atoms with Gasteiger partial charge >= 0.3 is 5.97 Å². The molecule has 1 saturated heterocycles. The lowest BCUT2D eigenvalue weighted by Crippen LogP contribution is -2.28. The Morgan fingerprint density at radius 1 is 1.40 bits per heavy atom. The molecule has 0 spiro atoms. The van der Waals surface area contributed by atoms with Gasteiger partial charge in [0.05, 0.1) is 5.92 Å². The number of para-hydroxylation sites is 1. The van der Waals surface area contributed by atoms with Gasteiger partial charge < -0.3 is 15.0 Å². The van der Waals surface area contributed by atoms with E-state index in [-0.39, 0.29) is 12.3 Å². The molecule has 3 rings (SSSR count). The maximum Gasteiger partial charge on any atom is 0.308 e. The zero-order valence-corrected chi connectivity index (χ0v) is 11.0. The molecule has 2 N–H and O–H groups in total. The minimum absolute atomic E-state index is 0.0616. The molecule has 1 fully saturated rings. The molecule has 0 saturated carbocycles. The molecule has 1 aromatic heterocycles. The lowest BCUT2D eigenvalue weighted by atomic mass is 10.1. The first-order valence-electron chi connectivity index (χ1n) is 6.70. The van der Waals surface area contributed by atoms with Gasteiger partial charge in [-0.1, -0.05) is 18.2 Å². The van der Waals surface area contributed by atoms with Crippen LogP contribution in [0.4, 0.5) is 0 Å². The molecule has 1 aliphatic heterocycles. The van der Waals surface area contributed by atoms with Crippen LogP contribution in [0.5, 0.6) is 0 Å². The molecule has 2 aromatic rings. The average Bonchev–Trinajstić information content (AvgIpc) is 2.99. The summed E-state index contributed by atoms with van der Waals surface area (Å²) in [6, 6.07) is 10.1. The number of carbonyl (C=O) groups is 2. The number of benzene rings is 1. The summed E-state index contributed by atoms with van der Waals surface area (Å²) >= 11 is 0. The van der Waals surface area contributed by atoms with Gasteiger partial charge in [-0.3, -0.25) is 9.59 Å². The first kappa shape index (κ1) is 12.7. The molecule has 1 unspecified atom stereocenters. The van der Waals surface area contributed by atoms with Crippen LogP contribution in [0.2, 0.25) is 0 Å². The molecule has 1 amide bonds. The average molecular weight is 272 g/mol. The number of likely N-dealkylation sites (tertiary alicyclic amines) is 1. The second kappa shape index (κ2) is 5.00. The predicted molar refractivity (Wildman–Crippen MR) is 74.3 cm³/mol. The fraction of sp³-hybridized carbons (Fsp3) is 0.333. The fourth-order valence-electron chi connectivity index (χ4n) is 2.68. The first-order chi connectivity index (χ1) is 9.63. The van der Waals surface area contributed by atoms with Gasteiger partial charge in [-0.15, -0.1) is 0 Å². The Morgan fingerprint density at radius 2 is 2.20 bits per heavy atom. The number of carboxylic acid groups (broad SMARTS) is 1. The maximum absolute atomic E-state index is 11.7. The summed E-state index contributed by atoms with van der Waals surface area (Å²) in [7, 11) is 0. The van der Waals surface area contributed by atoms with E-state index in [1.165, 1.54) is 0 Å². The topological polar surface area (TPSA) is 73.4 Å². The lowest BCUT2D eigenvalue weighted by Gasteiger charge is -2.15. The van der Waals surface area contributed by atoms with Crippen LogP contribution >= 0.6 is 0 Å². The van der Waals surface area contributed by atoms with Crippen LogP contribution in [0.3, 0.4) is 0 Å². The SMILES string of the molecule is O=C(O)C1CC(=O)N(CCc2cc3ccccc3[nH]2)C1. The highest BCUT2D eigenvalue weighted by Crippen LogP contribution is 2.19. The van der Waals surface area contributed by atoms with Crippen LogP contribution in [0, 0.1) is 5.92 Å². The molecule has 0 bridgehead atoms. The van der Waals surface area contributed by atoms with E-state index in [0.717, 1.165) is 16.6 Å². The van der Waals surface area contributed by atoms with Crippen LogP contribution in [0.1, 0.15) is 12.1 Å². The number of carbonyl (C=O) groups excluding carboxylic acids is 1. The van der Waals surface area contributed by atoms with Gasteiger partial charge in [0.25, 0.3) is 0 Å². The summed E-state index contributed by atoms with van der Waals surface area (Å²) in [6.45, 7) is 0.893. The molecule has 20 heavy (non-hydrogen) atoms. The number of nitrogens with zero attached hydrogens (tertiary/aromatic N) is 1. The first-order valence-corrected chi connectivity index (χ1v) is 6.70. The number of hydrogen-bond donors (Lipinski definition) is 2. The number of H-pyrrole nitrogens is 1. The van der Waals surface area contributed by atoms with E-state index in [4.69, 9.17) is 5.11 Å². The van der Waals surface area contributed by atoms with Gasteiger partial charge in [0, 0.05) is 37.1 Å². The number of aromatic amines is 1. The lowest BCUT2D eigenvalue weighted by molar-refractivity contribution is -0.141. The van der Waals surface area contributed by atoms with Crippen LogP contribution in [0.15, 0.2) is 30.3 Å². The maximum atomic E-state index is 11.7. The third kappa shape index (κ3) is 2.39. The smallest absolute Gasteiger partial charge is 0.308 e. The summed E-state index contributed by atoms with van der Waals surface area (Å²) in [5.41, 5.74) is 2.15. The summed E-state index contributed by atoms with van der Waals surface area (Å²) in [4.78, 5) is 27.6. The molecule has 104 valence electrons. The number of aliphatic carboxylic acids is 1. The zero-order valence-electron chi connectivity index (χ0n) is 11.0. The molecular formula is C15H16N2O3. The summed E-state index contributed by atoms with van der Waals surface area (Å²) in [6.07, 6.45) is 0.842. The third-order valence-corrected chi connectivity index (χ3v) is 3.80. The highest BCUT2D eigenvalue weighted by Gasteiger charge is 2.33. The number of amides is 1. The molecular weight excluding hydrogens is 256 g/mol. The highest BCUT2D eigenvalue weighted by molar-refractivity contribution is 5.86. The predicted octanol–water partition coefficient (Wildman–Crippen LogP) is 1.64. The number of rotatable bonds is 4. The van der Waals surface area contributed by atoms with E-state index in [2.05, 4.69) is 11.1 Å². The Balaban J connectivity index is 1.64. The molecule has 0 aliphatic carbocycles. The second-order valence-corrected chi connectivity index (χ2v) is 5.21. The Labute approximate surface area is 116 Å². The van der Waals surface area contributed by atoms with E-state index in [1.807, 2.05) is 24.3 Å². The quantitative estimate of drug-likeness (QED) is 0.888. The Hall–Kier alpha value is -2.30. The highest BCUT2D eigenvalue weighted by atomic mass is 16.4. The van der Waals surface area contributed by atoms with Gasteiger partial charge in [0.1, 0.15) is 0 Å². The number of fused-ring (bicyclic) bond motifs is 1. The van der Waals surface area contributed by atoms with Crippen LogP contribution < -0.4 is 0 Å². The van der Waals surface area contributed by atoms with Crippen molar-refractivity contribution in [3.63, 3.8) is 0 Å². The normalized spacial score (nSPS) is 18.9. The van der Waals surface area contributed by atoms with Gasteiger partial charge in [0.2, 0.25) is 5.91 Å². The Morgan fingerprint density at radius 3 is 2.90 bits per heavy atom. The van der Waals surface area contributed by atoms with E-state index < -0.39 is 11.9 Å². The van der Waals surface area contributed by atoms with Crippen molar-refractivity contribution in [2.24, 2.45) is 5.92 Å². The standard InChI is InChI=1S/C15H16N2O3/c18-14-8-11(15(19)20)9-17(14)6-5-12-7-10-3-1-2-4-13(10)16-12/h1-4,7,11,16H,5-6,8-9H2,(H,19,20). The monoisotopic (exact) mass is 272 g/mol. The van der Waals surface area contributed by atoms with Crippen molar-refractivity contribution in [2.45, 2.75) is 12.8 Å². The second-order valence-electron chi connectivity index (χ2n) is 5.21. The van der Waals surface area contributed by atoms with Gasteiger partial charge in [0.15, 0.2) is 0 Å². The van der Waals surface area contributed by atoms with Crippen LogP contribution in [-0.4, -0.2) is 40.0 Å². The molecule has 5 heteroatoms. The van der Waals surface area contributed by atoms with Crippen molar-refractivity contribution < 1.29 is 14.7 Å². The number of carboxylic acids is 1. The van der Waals surface area contributed by atoms with Crippen molar-refractivity contribution in [3.8, 4) is 0 Å². The Bertz CT molecular complexity index is 629. The van der Waals surface area contributed by atoms with E-state index in [9.17, 15) is 9.59 Å². The largest absolute Gasteiger partial charge is 0.481 e. The van der Waals surface area contributed by atoms with Crippen LogP contribution in [-0.2, 0) is 16.0 Å². The fourth-order valence-corrected chi connectivity index (χ4v) is 2.68. The molecule has 1 atom stereocenters. The van der Waals surface area contributed by atoms with Gasteiger partial charge in [-0.25, -0.2) is 0 Å². The minimum atomic E-state index is -0.883. The number of hydrogen-bond acceptors (Lipinski definition) is 2. The van der Waals surface area contributed by atoms with Gasteiger partial charge in [-0.05, 0) is 17.5 Å². The van der Waals surface area contributed by atoms with Crippen molar-refractivity contribution in [1.82, 2.24) is 9.88 Å². The summed E-state index contributed by atoms with van der Waals surface area (Å²) < 4.78 is 0. The van der Waals surface area contributed by atoms with E-state index in [1.54, 1.807) is 4.90 Å². The van der Waals surface area contributed by atoms with E-state index in [0.29, 0.717) is 19.5 Å². The molecule has 1 aliphatic rings. The Kier molecular flexibility index (Phi) is 3.18. The molecule has 5 nitrogen and oxygen atoms in total. The van der Waals surface area contributed by atoms with E-state index >= 15 is 0 Å². The minimum Gasteiger partial charge on any atom is -0.481 e. The van der Waals surface area contributed by atoms with Gasteiger partial charge in [-0.2, -0.15) is 0 Å². The van der Waals surface area contributed by atoms with Crippen molar-refractivity contribution >= 4 is 22.8 Å². The molecule has 1 aromatic carbocycles. The van der Waals surface area contributed by atoms with Crippen molar-refractivity contribution in [2.75, 3.05) is 13.1 Å². The van der Waals surface area contributed by atoms with Crippen molar-refractivity contribution in [3.05, 3.63) is 36.0 Å². The summed E-state index contributed by atoms with van der Waals surface area (Å²) in [5.74, 6) is -1.50. The van der Waals surface area contributed by atoms with Crippen molar-refractivity contribution in [1.29, 1.82) is 0 Å². The number of nitrogens with one attached hydrogen (secondary N) is 1. The number of aromatic nitrogens is 1. The summed E-state index contributed by atoms with van der Waals surface area (Å²) in [5, 5.41) is 10.1. The van der Waals surface area contributed by atoms with Crippen LogP contribution in [0.25, 0.3) is 10.9 Å². The zero-order chi connectivity index (χ0) is 14.1.